The molecule has 1 atom stereocenters. The number of amides is 2. The van der Waals surface area contributed by atoms with Crippen molar-refractivity contribution in [2.24, 2.45) is 11.7 Å². The Labute approximate surface area is 108 Å². The summed E-state index contributed by atoms with van der Waals surface area (Å²) in [4.78, 5) is 25.3. The maximum atomic E-state index is 12.0. The van der Waals surface area contributed by atoms with Gasteiger partial charge in [-0.2, -0.15) is 0 Å². The number of nitrogens with two attached hydrogens (primary N) is 1. The molecular formula is C13H23N3O2. The molecule has 1 unspecified atom stereocenters. The molecule has 0 radical (unpaired) electrons. The fourth-order valence-corrected chi connectivity index (χ4v) is 2.49. The molecule has 2 fully saturated rings. The third-order valence-corrected chi connectivity index (χ3v) is 3.78. The average Bonchev–Trinajstić information content (AvgIpc) is 3.11. The maximum Gasteiger partial charge on any atom is 0.223 e. The van der Waals surface area contributed by atoms with Crippen LogP contribution in [-0.4, -0.2) is 42.4 Å². The smallest absolute Gasteiger partial charge is 0.223 e. The largest absolute Gasteiger partial charge is 0.356 e. The van der Waals surface area contributed by atoms with E-state index in [1.54, 1.807) is 0 Å². The van der Waals surface area contributed by atoms with E-state index in [-0.39, 0.29) is 23.8 Å². The lowest BCUT2D eigenvalue weighted by molar-refractivity contribution is -0.132. The zero-order valence-electron chi connectivity index (χ0n) is 10.9. The summed E-state index contributed by atoms with van der Waals surface area (Å²) in [6.07, 6.45) is 5.38. The number of hydrogen-bond donors (Lipinski definition) is 2. The van der Waals surface area contributed by atoms with E-state index in [1.807, 2.05) is 4.90 Å². The summed E-state index contributed by atoms with van der Waals surface area (Å²) in [6.45, 7) is 2.02. The quantitative estimate of drug-likeness (QED) is 0.666. The third-order valence-electron chi connectivity index (χ3n) is 3.78. The molecular weight excluding hydrogens is 230 g/mol. The van der Waals surface area contributed by atoms with Crippen molar-refractivity contribution < 1.29 is 9.59 Å². The van der Waals surface area contributed by atoms with Gasteiger partial charge in [0.2, 0.25) is 11.8 Å². The predicted molar refractivity (Wildman–Crippen MR) is 68.8 cm³/mol. The van der Waals surface area contributed by atoms with Crippen LogP contribution in [0.25, 0.3) is 0 Å². The number of hydrogen-bond acceptors (Lipinski definition) is 3. The van der Waals surface area contributed by atoms with Gasteiger partial charge in [-0.05, 0) is 32.1 Å². The normalized spacial score (nSPS) is 23.2. The number of likely N-dealkylation sites (tertiary alicyclic amines) is 1. The van der Waals surface area contributed by atoms with Crippen LogP contribution in [0.2, 0.25) is 0 Å². The van der Waals surface area contributed by atoms with Crippen molar-refractivity contribution in [1.82, 2.24) is 10.2 Å². The van der Waals surface area contributed by atoms with Crippen LogP contribution in [-0.2, 0) is 9.59 Å². The molecule has 2 aliphatic rings. The molecule has 1 saturated carbocycles. The summed E-state index contributed by atoms with van der Waals surface area (Å²) in [6, 6.07) is 0.235. The van der Waals surface area contributed by atoms with E-state index in [1.165, 1.54) is 0 Å². The van der Waals surface area contributed by atoms with Crippen LogP contribution < -0.4 is 11.1 Å². The van der Waals surface area contributed by atoms with Gasteiger partial charge in [0, 0.05) is 38.0 Å². The van der Waals surface area contributed by atoms with Crippen LogP contribution in [0.5, 0.6) is 0 Å². The minimum atomic E-state index is 0.156. The highest BCUT2D eigenvalue weighted by molar-refractivity contribution is 5.81. The molecule has 5 heteroatoms. The second kappa shape index (κ2) is 6.18. The summed E-state index contributed by atoms with van der Waals surface area (Å²) in [5.74, 6) is 0.591. The highest BCUT2D eigenvalue weighted by Gasteiger charge is 2.29. The number of carbonyl (C=O) groups is 2. The third kappa shape index (κ3) is 3.45. The molecule has 0 spiro atoms. The van der Waals surface area contributed by atoms with Crippen LogP contribution in [0.1, 0.15) is 38.5 Å². The van der Waals surface area contributed by atoms with Crippen LogP contribution in [0.4, 0.5) is 0 Å². The molecule has 0 bridgehead atoms. The van der Waals surface area contributed by atoms with Crippen molar-refractivity contribution >= 4 is 11.8 Å². The van der Waals surface area contributed by atoms with Gasteiger partial charge in [-0.3, -0.25) is 9.59 Å². The Kier molecular flexibility index (Phi) is 4.58. The van der Waals surface area contributed by atoms with E-state index in [9.17, 15) is 9.59 Å². The van der Waals surface area contributed by atoms with Crippen molar-refractivity contribution in [3.8, 4) is 0 Å². The molecule has 0 aromatic rings. The van der Waals surface area contributed by atoms with Crippen molar-refractivity contribution in [3.63, 3.8) is 0 Å². The highest BCUT2D eigenvalue weighted by Crippen LogP contribution is 2.28. The van der Waals surface area contributed by atoms with Crippen molar-refractivity contribution in [1.29, 1.82) is 0 Å². The Morgan fingerprint density at radius 2 is 2.06 bits per heavy atom. The molecule has 0 aromatic carbocycles. The minimum Gasteiger partial charge on any atom is -0.356 e. The molecule has 1 saturated heterocycles. The van der Waals surface area contributed by atoms with E-state index >= 15 is 0 Å². The molecule has 1 aliphatic heterocycles. The van der Waals surface area contributed by atoms with Crippen LogP contribution in [0.15, 0.2) is 0 Å². The Morgan fingerprint density at radius 3 is 2.72 bits per heavy atom. The van der Waals surface area contributed by atoms with Gasteiger partial charge in [-0.15, -0.1) is 0 Å². The number of nitrogens with zero attached hydrogens (tertiary/aromatic N) is 1. The molecule has 1 heterocycles. The molecule has 2 amide bonds. The lowest BCUT2D eigenvalue weighted by Gasteiger charge is -2.23. The summed E-state index contributed by atoms with van der Waals surface area (Å²) < 4.78 is 0. The Bertz CT molecular complexity index is 315. The molecule has 18 heavy (non-hydrogen) atoms. The summed E-state index contributed by atoms with van der Waals surface area (Å²) in [5, 5.41) is 2.88. The first-order valence-corrected chi connectivity index (χ1v) is 6.99. The molecule has 5 nitrogen and oxygen atoms in total. The monoisotopic (exact) mass is 253 g/mol. The fraction of sp³-hybridized carbons (Fsp3) is 0.846. The van der Waals surface area contributed by atoms with Gasteiger partial charge >= 0.3 is 0 Å². The lowest BCUT2D eigenvalue weighted by atomic mass is 10.2. The minimum absolute atomic E-state index is 0.156. The van der Waals surface area contributed by atoms with Crippen LogP contribution >= 0.6 is 0 Å². The van der Waals surface area contributed by atoms with Crippen molar-refractivity contribution in [3.05, 3.63) is 0 Å². The lowest BCUT2D eigenvalue weighted by Crippen LogP contribution is -2.40. The van der Waals surface area contributed by atoms with Gasteiger partial charge < -0.3 is 16.0 Å². The second-order valence-electron chi connectivity index (χ2n) is 5.29. The zero-order valence-corrected chi connectivity index (χ0v) is 10.9. The first-order chi connectivity index (χ1) is 8.72. The zero-order chi connectivity index (χ0) is 13.0. The molecule has 1 aliphatic carbocycles. The van der Waals surface area contributed by atoms with Crippen molar-refractivity contribution in [2.45, 2.75) is 44.6 Å². The Morgan fingerprint density at radius 1 is 1.28 bits per heavy atom. The average molecular weight is 253 g/mol. The standard InChI is InChI=1S/C13H23N3O2/c14-9-11-3-2-8-16(11)12(17)4-1-7-15-13(18)10-5-6-10/h10-11H,1-9,14H2,(H,15,18). The number of carbonyl (C=O) groups excluding carboxylic acids is 2. The summed E-state index contributed by atoms with van der Waals surface area (Å²) >= 11 is 0. The van der Waals surface area contributed by atoms with Crippen LogP contribution in [0.3, 0.4) is 0 Å². The van der Waals surface area contributed by atoms with Crippen molar-refractivity contribution in [2.75, 3.05) is 19.6 Å². The first kappa shape index (κ1) is 13.3. The van der Waals surface area contributed by atoms with E-state index in [4.69, 9.17) is 5.73 Å². The molecule has 2 rings (SSSR count). The van der Waals surface area contributed by atoms with Gasteiger partial charge in [0.1, 0.15) is 0 Å². The van der Waals surface area contributed by atoms with Gasteiger partial charge in [0.05, 0.1) is 0 Å². The first-order valence-electron chi connectivity index (χ1n) is 6.99. The summed E-state index contributed by atoms with van der Waals surface area (Å²) in [7, 11) is 0. The van der Waals surface area contributed by atoms with E-state index < -0.39 is 0 Å². The predicted octanol–water partition coefficient (Wildman–Crippen LogP) is 0.242. The molecule has 102 valence electrons. The highest BCUT2D eigenvalue weighted by atomic mass is 16.2. The second-order valence-corrected chi connectivity index (χ2v) is 5.29. The van der Waals surface area contributed by atoms with Gasteiger partial charge in [0.25, 0.3) is 0 Å². The SMILES string of the molecule is NCC1CCCN1C(=O)CCCNC(=O)C1CC1. The van der Waals surface area contributed by atoms with Crippen LogP contribution in [0, 0.1) is 5.92 Å². The van der Waals surface area contributed by atoms with E-state index in [0.717, 1.165) is 38.6 Å². The topological polar surface area (TPSA) is 75.4 Å². The molecule has 3 N–H and O–H groups in total. The van der Waals surface area contributed by atoms with Gasteiger partial charge in [0.15, 0.2) is 0 Å². The summed E-state index contributed by atoms with van der Waals surface area (Å²) in [5.41, 5.74) is 5.65. The van der Waals surface area contributed by atoms with E-state index in [0.29, 0.717) is 19.5 Å². The number of nitrogens with one attached hydrogen (secondary N) is 1. The van der Waals surface area contributed by atoms with Gasteiger partial charge in [-0.25, -0.2) is 0 Å². The molecule has 0 aromatic heterocycles. The van der Waals surface area contributed by atoms with E-state index in [2.05, 4.69) is 5.32 Å². The fourth-order valence-electron chi connectivity index (χ4n) is 2.49. The Hall–Kier alpha value is -1.10. The number of rotatable bonds is 6. The Balaban J connectivity index is 1.60. The van der Waals surface area contributed by atoms with Gasteiger partial charge in [-0.1, -0.05) is 0 Å². The maximum absolute atomic E-state index is 12.0.